The van der Waals surface area contributed by atoms with Crippen molar-refractivity contribution in [2.75, 3.05) is 46.5 Å². The summed E-state index contributed by atoms with van der Waals surface area (Å²) < 4.78 is 102. The molecule has 1 fully saturated rings. The predicted octanol–water partition coefficient (Wildman–Crippen LogP) is 3.04. The highest BCUT2D eigenvalue weighted by Gasteiger charge is 2.38. The number of alkyl halides is 3. The van der Waals surface area contributed by atoms with Crippen LogP contribution in [0.5, 0.6) is 11.8 Å². The standard InChI is InChI=1S/C17H16ClF3O6S.C15H18N6O6S/c1-28(25,26)13-6-5-9(15(18)10(13)7-27-8-17(19,20)21)16(24)14-11(22)3-2-4-12(14)23;1-21(2)13(22)9-6-5-7-16-12(9)28(24,25)20-15(23)19-14-17-10(26-3)8-11(18-14)27-4/h5-6,14H,2-4,7-8H2,1H3;5-8H,1-4H3,(H2,17,18,19,20,23). The molecule has 4 rings (SSSR count). The summed E-state index contributed by atoms with van der Waals surface area (Å²) in [5, 5.41) is 1.11. The van der Waals surface area contributed by atoms with E-state index in [1.54, 1.807) is 4.72 Å². The minimum Gasteiger partial charge on any atom is -0.481 e. The Balaban J connectivity index is 0.000000300. The number of pyridine rings is 1. The molecule has 0 aliphatic heterocycles. The summed E-state index contributed by atoms with van der Waals surface area (Å²) in [7, 11) is -2.75. The van der Waals surface area contributed by atoms with Crippen LogP contribution in [0.1, 0.15) is 45.5 Å². The Morgan fingerprint density at radius 3 is 2.07 bits per heavy atom. The van der Waals surface area contributed by atoms with Crippen LogP contribution in [0, 0.1) is 5.92 Å². The molecule has 1 saturated carbocycles. The van der Waals surface area contributed by atoms with Gasteiger partial charge in [-0.25, -0.2) is 22.9 Å². The van der Waals surface area contributed by atoms with Crippen LogP contribution < -0.4 is 19.5 Å². The second kappa shape index (κ2) is 18.6. The Labute approximate surface area is 323 Å². The van der Waals surface area contributed by atoms with Crippen LogP contribution in [0.2, 0.25) is 5.02 Å². The fraction of sp³-hybridized carbons (Fsp3) is 0.375. The summed E-state index contributed by atoms with van der Waals surface area (Å²) in [5.41, 5.74) is -0.838. The van der Waals surface area contributed by atoms with Crippen molar-refractivity contribution in [3.63, 3.8) is 0 Å². The van der Waals surface area contributed by atoms with Gasteiger partial charge in [0, 0.05) is 50.5 Å². The van der Waals surface area contributed by atoms with Crippen molar-refractivity contribution < 1.29 is 68.2 Å². The van der Waals surface area contributed by atoms with E-state index in [-0.39, 0.29) is 47.2 Å². The second-order valence-electron chi connectivity index (χ2n) is 11.8. The summed E-state index contributed by atoms with van der Waals surface area (Å²) in [6.07, 6.45) is -2.22. The summed E-state index contributed by atoms with van der Waals surface area (Å²) in [4.78, 5) is 73.2. The van der Waals surface area contributed by atoms with E-state index in [2.05, 4.69) is 25.0 Å². The minimum atomic E-state index is -4.65. The topological polar surface area (TPSA) is 247 Å². The first-order valence-corrected chi connectivity index (χ1v) is 19.5. The number of hydrogen-bond acceptors (Lipinski definition) is 15. The highest BCUT2D eigenvalue weighted by molar-refractivity contribution is 7.90. The second-order valence-corrected chi connectivity index (χ2v) is 15.7. The Kier molecular flexibility index (Phi) is 15.0. The van der Waals surface area contributed by atoms with Gasteiger partial charge in [0.1, 0.15) is 12.5 Å². The van der Waals surface area contributed by atoms with E-state index in [1.807, 2.05) is 0 Å². The molecule has 0 atom stereocenters. The lowest BCUT2D eigenvalue weighted by Crippen LogP contribution is -2.36. The first-order chi connectivity index (χ1) is 26.0. The fourth-order valence-corrected chi connectivity index (χ4v) is 7.20. The van der Waals surface area contributed by atoms with Crippen molar-refractivity contribution in [3.05, 3.63) is 58.2 Å². The van der Waals surface area contributed by atoms with Gasteiger partial charge in [-0.15, -0.1) is 0 Å². The lowest BCUT2D eigenvalue weighted by atomic mass is 9.81. The fourth-order valence-electron chi connectivity index (χ4n) is 4.87. The van der Waals surface area contributed by atoms with E-state index in [4.69, 9.17) is 21.1 Å². The number of carbonyl (C=O) groups excluding carboxylic acids is 5. The number of nitrogens with zero attached hydrogens (tertiary/aromatic N) is 4. The molecule has 3 amide bonds. The number of aromatic nitrogens is 3. The van der Waals surface area contributed by atoms with Crippen molar-refractivity contribution in [1.82, 2.24) is 24.6 Å². The van der Waals surface area contributed by atoms with E-state index in [0.717, 1.165) is 18.4 Å². The summed E-state index contributed by atoms with van der Waals surface area (Å²) in [6.45, 7) is -2.47. The van der Waals surface area contributed by atoms with Gasteiger partial charge in [0.15, 0.2) is 32.2 Å². The molecule has 3 aromatic rings. The number of rotatable bonds is 12. The molecule has 0 spiro atoms. The molecule has 24 heteroatoms. The van der Waals surface area contributed by atoms with Gasteiger partial charge in [0.25, 0.3) is 15.9 Å². The Hall–Kier alpha value is -5.26. The van der Waals surface area contributed by atoms with Gasteiger partial charge in [0.05, 0.1) is 42.4 Å². The number of carbonyl (C=O) groups is 5. The van der Waals surface area contributed by atoms with Crippen LogP contribution >= 0.6 is 11.6 Å². The molecule has 56 heavy (non-hydrogen) atoms. The zero-order valence-corrected chi connectivity index (χ0v) is 32.5. The smallest absolute Gasteiger partial charge is 0.411 e. The van der Waals surface area contributed by atoms with Crippen LogP contribution in [0.3, 0.4) is 0 Å². The van der Waals surface area contributed by atoms with E-state index < -0.39 is 89.4 Å². The number of halogens is 4. The maximum Gasteiger partial charge on any atom is 0.411 e. The quantitative estimate of drug-likeness (QED) is 0.196. The SMILES string of the molecule is COc1cc(OC)nc(NC(=O)NS(=O)(=O)c2ncccc2C(=O)N(C)C)n1.CS(=O)(=O)c1ccc(C(=O)C2C(=O)CCCC2=O)c(Cl)c1COCC(F)(F)F. The van der Waals surface area contributed by atoms with Crippen molar-refractivity contribution in [3.8, 4) is 11.8 Å². The van der Waals surface area contributed by atoms with Crippen molar-refractivity contribution in [2.24, 2.45) is 5.92 Å². The molecule has 1 aliphatic rings. The molecule has 304 valence electrons. The molecule has 2 heterocycles. The minimum absolute atomic E-state index is 0.0444. The number of amides is 3. The van der Waals surface area contributed by atoms with Gasteiger partial charge in [-0.2, -0.15) is 31.6 Å². The van der Waals surface area contributed by atoms with Crippen LogP contribution in [0.4, 0.5) is 23.9 Å². The maximum absolute atomic E-state index is 12.7. The number of ether oxygens (including phenoxy) is 3. The predicted molar refractivity (Wildman–Crippen MR) is 189 cm³/mol. The number of nitrogens with one attached hydrogen (secondary N) is 2. The summed E-state index contributed by atoms with van der Waals surface area (Å²) >= 11 is 6.11. The number of anilines is 1. The molecule has 2 aromatic heterocycles. The highest BCUT2D eigenvalue weighted by Crippen LogP contribution is 2.32. The molecular formula is C32H34ClF3N6O12S2. The summed E-state index contributed by atoms with van der Waals surface area (Å²) in [5.74, 6) is -4.25. The molecule has 2 N–H and O–H groups in total. The van der Waals surface area contributed by atoms with Crippen LogP contribution in [0.25, 0.3) is 0 Å². The first kappa shape index (κ1) is 45.1. The molecule has 1 aliphatic carbocycles. The Morgan fingerprint density at radius 2 is 1.55 bits per heavy atom. The average molecular weight is 851 g/mol. The average Bonchev–Trinajstić information content (AvgIpc) is 3.10. The lowest BCUT2D eigenvalue weighted by molar-refractivity contribution is -0.176. The van der Waals surface area contributed by atoms with Crippen LogP contribution in [0.15, 0.2) is 46.5 Å². The normalized spacial score (nSPS) is 13.6. The number of Topliss-reactive ketones (excluding diaryl/α,β-unsaturated/α-hetero) is 3. The third kappa shape index (κ3) is 11.9. The van der Waals surface area contributed by atoms with E-state index >= 15 is 0 Å². The van der Waals surface area contributed by atoms with Crippen molar-refractivity contribution in [2.45, 2.75) is 42.0 Å². The third-order valence-electron chi connectivity index (χ3n) is 7.34. The molecular weight excluding hydrogens is 817 g/mol. The van der Waals surface area contributed by atoms with Crippen molar-refractivity contribution >= 4 is 66.7 Å². The van der Waals surface area contributed by atoms with Gasteiger partial charge in [-0.1, -0.05) is 11.6 Å². The van der Waals surface area contributed by atoms with Gasteiger partial charge in [-0.05, 0) is 30.7 Å². The van der Waals surface area contributed by atoms with Crippen molar-refractivity contribution in [1.29, 1.82) is 0 Å². The van der Waals surface area contributed by atoms with E-state index in [0.29, 0.717) is 6.42 Å². The molecule has 18 nitrogen and oxygen atoms in total. The summed E-state index contributed by atoms with van der Waals surface area (Å²) in [6, 6.07) is 4.95. The number of sulfone groups is 1. The van der Waals surface area contributed by atoms with Crippen LogP contribution in [-0.2, 0) is 40.8 Å². The molecule has 0 radical (unpaired) electrons. The zero-order valence-electron chi connectivity index (χ0n) is 30.1. The Morgan fingerprint density at radius 1 is 0.964 bits per heavy atom. The number of ketones is 3. The number of benzene rings is 1. The Bertz CT molecular complexity index is 2200. The monoisotopic (exact) mass is 850 g/mol. The first-order valence-electron chi connectivity index (χ1n) is 15.7. The largest absolute Gasteiger partial charge is 0.481 e. The number of sulfonamides is 1. The van der Waals surface area contributed by atoms with Gasteiger partial charge < -0.3 is 19.1 Å². The van der Waals surface area contributed by atoms with Gasteiger partial charge in [-0.3, -0.25) is 24.5 Å². The maximum atomic E-state index is 12.7. The molecule has 0 bridgehead atoms. The molecule has 0 saturated heterocycles. The highest BCUT2D eigenvalue weighted by atomic mass is 35.5. The van der Waals surface area contributed by atoms with Gasteiger partial charge in [0.2, 0.25) is 17.7 Å². The number of methoxy groups -OCH3 is 2. The van der Waals surface area contributed by atoms with Crippen LogP contribution in [-0.4, -0.2) is 113 Å². The zero-order chi connectivity index (χ0) is 42.2. The van der Waals surface area contributed by atoms with E-state index in [1.165, 1.54) is 57.6 Å². The number of urea groups is 1. The van der Waals surface area contributed by atoms with E-state index in [9.17, 15) is 54.0 Å². The molecule has 1 aromatic carbocycles. The number of hydrogen-bond donors (Lipinski definition) is 2. The van der Waals surface area contributed by atoms with Gasteiger partial charge >= 0.3 is 12.2 Å². The lowest BCUT2D eigenvalue weighted by Gasteiger charge is -2.20. The molecule has 0 unspecified atom stereocenters. The third-order valence-corrected chi connectivity index (χ3v) is 10.2.